The van der Waals surface area contributed by atoms with Crippen LogP contribution < -0.4 is 0 Å². The highest BCUT2D eigenvalue weighted by Crippen LogP contribution is 2.29. The molecule has 88 valence electrons. The van der Waals surface area contributed by atoms with E-state index in [9.17, 15) is 5.11 Å². The molecule has 0 aromatic rings. The number of hydrogen-bond donors (Lipinski definition) is 1. The highest BCUT2D eigenvalue weighted by molar-refractivity contribution is 4.90. The van der Waals surface area contributed by atoms with Crippen molar-refractivity contribution in [2.24, 2.45) is 5.41 Å². The van der Waals surface area contributed by atoms with E-state index in [1.807, 2.05) is 0 Å². The van der Waals surface area contributed by atoms with Crippen LogP contribution in [0.2, 0.25) is 0 Å². The molecule has 0 spiro atoms. The number of hydrogen-bond acceptors (Lipinski definition) is 4. The van der Waals surface area contributed by atoms with Crippen molar-refractivity contribution in [2.75, 3.05) is 53.6 Å². The monoisotopic (exact) mass is 214 g/mol. The summed E-state index contributed by atoms with van der Waals surface area (Å²) in [5.41, 5.74) is 0.0237. The smallest absolute Gasteiger partial charge is 0.0579 e. The Bertz CT molecular complexity index is 213. The molecule has 0 bridgehead atoms. The van der Waals surface area contributed by atoms with E-state index in [0.717, 1.165) is 26.3 Å². The maximum atomic E-state index is 9.36. The van der Waals surface area contributed by atoms with E-state index in [4.69, 9.17) is 4.74 Å². The molecule has 4 nitrogen and oxygen atoms in total. The minimum absolute atomic E-state index is 0.0237. The second-order valence-corrected chi connectivity index (χ2v) is 5.27. The Kier molecular flexibility index (Phi) is 3.30. The highest BCUT2D eigenvalue weighted by atomic mass is 16.5. The number of likely N-dealkylation sites (N-methyl/N-ethyl adjacent to an activating group) is 2. The van der Waals surface area contributed by atoms with E-state index in [-0.39, 0.29) is 12.0 Å². The zero-order valence-electron chi connectivity index (χ0n) is 9.78. The van der Waals surface area contributed by atoms with Crippen LogP contribution in [0.5, 0.6) is 0 Å². The quantitative estimate of drug-likeness (QED) is 0.693. The van der Waals surface area contributed by atoms with Gasteiger partial charge in [-0.25, -0.2) is 0 Å². The maximum absolute atomic E-state index is 9.36. The molecule has 0 saturated carbocycles. The third kappa shape index (κ3) is 2.33. The first-order valence-electron chi connectivity index (χ1n) is 5.73. The van der Waals surface area contributed by atoms with E-state index in [0.29, 0.717) is 6.04 Å². The van der Waals surface area contributed by atoms with Crippen LogP contribution in [0.3, 0.4) is 0 Å². The Hall–Kier alpha value is -0.160. The molecule has 1 unspecified atom stereocenters. The van der Waals surface area contributed by atoms with Crippen molar-refractivity contribution in [3.8, 4) is 0 Å². The third-order valence-electron chi connectivity index (χ3n) is 3.73. The number of aliphatic hydroxyl groups excluding tert-OH is 1. The number of likely N-dealkylation sites (tertiary alicyclic amines) is 1. The summed E-state index contributed by atoms with van der Waals surface area (Å²) in [4.78, 5) is 4.76. The number of rotatable bonds is 4. The predicted octanol–water partition coefficient (Wildman–Crippen LogP) is -0.369. The Morgan fingerprint density at radius 1 is 1.53 bits per heavy atom. The fourth-order valence-electron chi connectivity index (χ4n) is 2.55. The fraction of sp³-hybridized carbons (Fsp3) is 1.00. The number of ether oxygens (including phenoxy) is 1. The molecule has 0 aromatic heterocycles. The van der Waals surface area contributed by atoms with Gasteiger partial charge in [-0.1, -0.05) is 0 Å². The van der Waals surface area contributed by atoms with Crippen molar-refractivity contribution in [3.05, 3.63) is 0 Å². The van der Waals surface area contributed by atoms with Crippen molar-refractivity contribution in [1.29, 1.82) is 0 Å². The van der Waals surface area contributed by atoms with Gasteiger partial charge in [0.15, 0.2) is 0 Å². The Morgan fingerprint density at radius 3 is 2.67 bits per heavy atom. The molecule has 0 aliphatic carbocycles. The molecule has 2 aliphatic heterocycles. The minimum Gasteiger partial charge on any atom is -0.396 e. The summed E-state index contributed by atoms with van der Waals surface area (Å²) in [6.07, 6.45) is 1.25. The molecule has 0 amide bonds. The summed E-state index contributed by atoms with van der Waals surface area (Å²) in [6, 6.07) is 0.652. The van der Waals surface area contributed by atoms with Gasteiger partial charge in [-0.2, -0.15) is 0 Å². The van der Waals surface area contributed by atoms with Crippen molar-refractivity contribution in [1.82, 2.24) is 9.80 Å². The van der Waals surface area contributed by atoms with Gasteiger partial charge in [-0.3, -0.25) is 0 Å². The molecule has 2 saturated heterocycles. The van der Waals surface area contributed by atoms with Gasteiger partial charge in [0.1, 0.15) is 0 Å². The van der Waals surface area contributed by atoms with Crippen molar-refractivity contribution in [3.63, 3.8) is 0 Å². The predicted molar refractivity (Wildman–Crippen MR) is 58.9 cm³/mol. The van der Waals surface area contributed by atoms with Gasteiger partial charge in [-0.05, 0) is 27.1 Å². The van der Waals surface area contributed by atoms with Crippen LogP contribution >= 0.6 is 0 Å². The summed E-state index contributed by atoms with van der Waals surface area (Å²) in [5.74, 6) is 0. The van der Waals surface area contributed by atoms with Gasteiger partial charge in [0.2, 0.25) is 0 Å². The van der Waals surface area contributed by atoms with Gasteiger partial charge >= 0.3 is 0 Å². The fourth-order valence-corrected chi connectivity index (χ4v) is 2.55. The van der Waals surface area contributed by atoms with E-state index in [2.05, 4.69) is 23.9 Å². The van der Waals surface area contributed by atoms with Crippen LogP contribution in [0.4, 0.5) is 0 Å². The lowest BCUT2D eigenvalue weighted by molar-refractivity contribution is -0.148. The van der Waals surface area contributed by atoms with E-state index >= 15 is 0 Å². The van der Waals surface area contributed by atoms with E-state index in [1.54, 1.807) is 0 Å². The summed E-state index contributed by atoms with van der Waals surface area (Å²) >= 11 is 0. The molecule has 15 heavy (non-hydrogen) atoms. The summed E-state index contributed by atoms with van der Waals surface area (Å²) in [5, 5.41) is 9.36. The number of aliphatic hydroxyl groups is 1. The largest absolute Gasteiger partial charge is 0.396 e. The third-order valence-corrected chi connectivity index (χ3v) is 3.73. The van der Waals surface area contributed by atoms with Crippen LogP contribution in [0.1, 0.15) is 6.42 Å². The van der Waals surface area contributed by atoms with Crippen molar-refractivity contribution < 1.29 is 9.84 Å². The molecule has 1 N–H and O–H groups in total. The molecular weight excluding hydrogens is 192 g/mol. The lowest BCUT2D eigenvalue weighted by atomic mass is 9.86. The van der Waals surface area contributed by atoms with Gasteiger partial charge < -0.3 is 19.6 Å². The SMILES string of the molecule is CN1CCC(N(C)CC2(CO)COC2)C1. The van der Waals surface area contributed by atoms with Crippen LogP contribution in [-0.2, 0) is 4.74 Å². The molecule has 2 rings (SSSR count). The molecule has 4 heteroatoms. The first-order chi connectivity index (χ1) is 7.15. The van der Waals surface area contributed by atoms with Crippen molar-refractivity contribution >= 4 is 0 Å². The molecule has 2 fully saturated rings. The lowest BCUT2D eigenvalue weighted by Gasteiger charge is -2.43. The maximum Gasteiger partial charge on any atom is 0.0579 e. The summed E-state index contributed by atoms with van der Waals surface area (Å²) < 4.78 is 5.22. The zero-order valence-corrected chi connectivity index (χ0v) is 9.78. The molecule has 0 radical (unpaired) electrons. The average molecular weight is 214 g/mol. The van der Waals surface area contributed by atoms with E-state index in [1.165, 1.54) is 13.0 Å². The van der Waals surface area contributed by atoms with Crippen LogP contribution in [0.25, 0.3) is 0 Å². The molecule has 2 heterocycles. The topological polar surface area (TPSA) is 35.9 Å². The van der Waals surface area contributed by atoms with Gasteiger partial charge in [0.05, 0.1) is 25.2 Å². The molecule has 0 aromatic carbocycles. The minimum atomic E-state index is 0.0237. The second kappa shape index (κ2) is 4.37. The first kappa shape index (κ1) is 11.3. The average Bonchev–Trinajstić information content (AvgIpc) is 2.58. The summed E-state index contributed by atoms with van der Waals surface area (Å²) in [6.45, 7) is 4.99. The first-order valence-corrected chi connectivity index (χ1v) is 5.73. The molecule has 2 aliphatic rings. The van der Waals surface area contributed by atoms with Crippen LogP contribution in [-0.4, -0.2) is 74.5 Å². The van der Waals surface area contributed by atoms with Crippen LogP contribution in [0.15, 0.2) is 0 Å². The Labute approximate surface area is 91.8 Å². The highest BCUT2D eigenvalue weighted by Gasteiger charge is 2.40. The van der Waals surface area contributed by atoms with Gasteiger partial charge in [0.25, 0.3) is 0 Å². The Morgan fingerprint density at radius 2 is 2.27 bits per heavy atom. The van der Waals surface area contributed by atoms with Crippen LogP contribution in [0, 0.1) is 5.41 Å². The normalized spacial score (nSPS) is 30.8. The summed E-state index contributed by atoms with van der Waals surface area (Å²) in [7, 11) is 4.33. The number of nitrogens with zero attached hydrogens (tertiary/aromatic N) is 2. The standard InChI is InChI=1S/C11H22N2O2/c1-12-4-3-10(5-12)13(2)6-11(7-14)8-15-9-11/h10,14H,3-9H2,1-2H3. The Balaban J connectivity index is 1.83. The molecule has 1 atom stereocenters. The van der Waals surface area contributed by atoms with Gasteiger partial charge in [0, 0.05) is 19.1 Å². The van der Waals surface area contributed by atoms with Gasteiger partial charge in [-0.15, -0.1) is 0 Å². The lowest BCUT2D eigenvalue weighted by Crippen LogP contribution is -2.54. The molecular formula is C11H22N2O2. The van der Waals surface area contributed by atoms with E-state index < -0.39 is 0 Å². The zero-order chi connectivity index (χ0) is 10.9. The second-order valence-electron chi connectivity index (χ2n) is 5.27. The van der Waals surface area contributed by atoms with Crippen molar-refractivity contribution in [2.45, 2.75) is 12.5 Å².